The Hall–Kier alpha value is -0.940. The molecule has 0 aliphatic rings. The molecule has 3 N–H and O–H groups in total. The molecule has 0 saturated heterocycles. The van der Waals surface area contributed by atoms with Crippen LogP contribution in [0.3, 0.4) is 0 Å². The topological polar surface area (TPSA) is 63.9 Å². The highest BCUT2D eigenvalue weighted by Gasteiger charge is 2.23. The van der Waals surface area contributed by atoms with Crippen LogP contribution in [-0.4, -0.2) is 38.9 Å². The van der Waals surface area contributed by atoms with Gasteiger partial charge in [0.2, 0.25) is 0 Å². The molecule has 0 amide bonds. The van der Waals surface area contributed by atoms with Crippen LogP contribution in [0.25, 0.3) is 0 Å². The number of hydrogen-bond donors (Lipinski definition) is 3. The molecule has 0 saturated carbocycles. The van der Waals surface area contributed by atoms with Crippen LogP contribution in [0.15, 0.2) is 38.0 Å². The summed E-state index contributed by atoms with van der Waals surface area (Å²) in [5, 5.41) is 27.9. The third kappa shape index (κ3) is 3.12. The van der Waals surface area contributed by atoms with Crippen molar-refractivity contribution in [3.8, 4) is 0 Å². The van der Waals surface area contributed by atoms with Crippen LogP contribution >= 0.6 is 0 Å². The number of nitrogens with zero attached hydrogens (tertiary/aromatic N) is 1. The molecule has 0 fully saturated rings. The third-order valence-corrected chi connectivity index (χ3v) is 1.55. The minimum absolute atomic E-state index is 0.979. The van der Waals surface area contributed by atoms with Gasteiger partial charge in [0.15, 0.2) is 0 Å². The summed E-state index contributed by atoms with van der Waals surface area (Å²) in [5.41, 5.74) is 0. The molecule has 3 unspecified atom stereocenters. The van der Waals surface area contributed by atoms with Gasteiger partial charge >= 0.3 is 0 Å². The molecule has 0 aromatic rings. The normalized spacial score (nSPS) is 17.5. The molecule has 74 valence electrons. The number of rotatable bonds is 6. The summed E-state index contributed by atoms with van der Waals surface area (Å²) in [7, 11) is 0. The number of aliphatic hydroxyl groups is 3. The maximum atomic E-state index is 9.31. The highest BCUT2D eigenvalue weighted by Crippen LogP contribution is 2.08. The lowest BCUT2D eigenvalue weighted by Crippen LogP contribution is -2.47. The van der Waals surface area contributed by atoms with Crippen LogP contribution in [0, 0.1) is 0 Å². The Morgan fingerprint density at radius 3 is 1.15 bits per heavy atom. The molecule has 0 aromatic carbocycles. The van der Waals surface area contributed by atoms with Gasteiger partial charge in [-0.1, -0.05) is 19.7 Å². The summed E-state index contributed by atoms with van der Waals surface area (Å²) >= 11 is 0. The fourth-order valence-electron chi connectivity index (χ4n) is 0.835. The van der Waals surface area contributed by atoms with E-state index in [4.69, 9.17) is 0 Å². The molecule has 4 nitrogen and oxygen atoms in total. The molecule has 0 radical (unpaired) electrons. The zero-order valence-corrected chi connectivity index (χ0v) is 7.37. The maximum absolute atomic E-state index is 9.31. The first kappa shape index (κ1) is 12.1. The van der Waals surface area contributed by atoms with Crippen LogP contribution in [0.2, 0.25) is 0 Å². The predicted octanol–water partition coefficient (Wildman–Crippen LogP) is -0.198. The average Bonchev–Trinajstić information content (AvgIpc) is 2.16. The second-order valence-corrected chi connectivity index (χ2v) is 2.40. The van der Waals surface area contributed by atoms with E-state index >= 15 is 0 Å². The van der Waals surface area contributed by atoms with Gasteiger partial charge in [-0.2, -0.15) is 0 Å². The predicted molar refractivity (Wildman–Crippen MR) is 50.5 cm³/mol. The summed E-state index contributed by atoms with van der Waals surface area (Å²) < 4.78 is 0. The van der Waals surface area contributed by atoms with E-state index in [0.717, 1.165) is 4.90 Å². The van der Waals surface area contributed by atoms with Gasteiger partial charge in [0, 0.05) is 0 Å². The molecular formula is C9H15NO3. The first-order chi connectivity index (χ1) is 6.08. The molecule has 0 spiro atoms. The van der Waals surface area contributed by atoms with Gasteiger partial charge in [0.25, 0.3) is 0 Å². The summed E-state index contributed by atoms with van der Waals surface area (Å²) in [4.78, 5) is 0.979. The van der Waals surface area contributed by atoms with Crippen LogP contribution in [0.5, 0.6) is 0 Å². The van der Waals surface area contributed by atoms with Gasteiger partial charge in [0.05, 0.1) is 0 Å². The summed E-state index contributed by atoms with van der Waals surface area (Å²) in [6, 6.07) is 0. The molecule has 0 aliphatic carbocycles. The monoisotopic (exact) mass is 185 g/mol. The van der Waals surface area contributed by atoms with E-state index < -0.39 is 18.7 Å². The van der Waals surface area contributed by atoms with Crippen molar-refractivity contribution in [2.45, 2.75) is 18.7 Å². The van der Waals surface area contributed by atoms with Crippen molar-refractivity contribution in [2.24, 2.45) is 0 Å². The minimum Gasteiger partial charge on any atom is -0.375 e. The van der Waals surface area contributed by atoms with Crippen molar-refractivity contribution >= 4 is 0 Å². The van der Waals surface area contributed by atoms with E-state index in [1.165, 1.54) is 18.2 Å². The Morgan fingerprint density at radius 2 is 1.00 bits per heavy atom. The molecule has 0 heterocycles. The Labute approximate surface area is 77.7 Å². The average molecular weight is 185 g/mol. The van der Waals surface area contributed by atoms with E-state index in [9.17, 15) is 15.3 Å². The smallest absolute Gasteiger partial charge is 0.130 e. The molecule has 4 heteroatoms. The fraction of sp³-hybridized carbons (Fsp3) is 0.333. The first-order valence-electron chi connectivity index (χ1n) is 3.77. The van der Waals surface area contributed by atoms with Crippen molar-refractivity contribution in [2.75, 3.05) is 0 Å². The largest absolute Gasteiger partial charge is 0.375 e. The van der Waals surface area contributed by atoms with Crippen molar-refractivity contribution in [1.82, 2.24) is 4.90 Å². The second-order valence-electron chi connectivity index (χ2n) is 2.40. The highest BCUT2D eigenvalue weighted by molar-refractivity contribution is 4.92. The fourth-order valence-corrected chi connectivity index (χ4v) is 0.835. The molecule has 0 rings (SSSR count). The molecule has 0 aromatic heterocycles. The van der Waals surface area contributed by atoms with Gasteiger partial charge in [0.1, 0.15) is 18.7 Å². The lowest BCUT2D eigenvalue weighted by Gasteiger charge is -2.31. The Bertz CT molecular complexity index is 160. The lowest BCUT2D eigenvalue weighted by molar-refractivity contribution is -0.127. The molecular weight excluding hydrogens is 170 g/mol. The molecule has 13 heavy (non-hydrogen) atoms. The lowest BCUT2D eigenvalue weighted by atomic mass is 10.3. The van der Waals surface area contributed by atoms with E-state index in [1.807, 2.05) is 0 Å². The van der Waals surface area contributed by atoms with E-state index in [2.05, 4.69) is 19.7 Å². The van der Waals surface area contributed by atoms with Gasteiger partial charge in [-0.15, -0.1) is 0 Å². The van der Waals surface area contributed by atoms with Crippen molar-refractivity contribution < 1.29 is 15.3 Å². The van der Waals surface area contributed by atoms with Gasteiger partial charge < -0.3 is 15.3 Å². The number of aliphatic hydroxyl groups excluding tert-OH is 3. The van der Waals surface area contributed by atoms with Crippen LogP contribution in [0.4, 0.5) is 0 Å². The Balaban J connectivity index is 4.61. The van der Waals surface area contributed by atoms with Gasteiger partial charge in [-0.3, -0.25) is 0 Å². The first-order valence-corrected chi connectivity index (χ1v) is 3.77. The minimum atomic E-state index is -1.15. The maximum Gasteiger partial charge on any atom is 0.130 e. The van der Waals surface area contributed by atoms with E-state index in [0.29, 0.717) is 0 Å². The van der Waals surface area contributed by atoms with Crippen LogP contribution in [0.1, 0.15) is 0 Å². The zero-order chi connectivity index (χ0) is 10.4. The van der Waals surface area contributed by atoms with Crippen LogP contribution < -0.4 is 0 Å². The standard InChI is InChI=1S/C9H15NO3/c1-4-7(11)10(8(12)5-2)9(13)6-3/h4-9,11-13H,1-3H2. The van der Waals surface area contributed by atoms with E-state index in [-0.39, 0.29) is 0 Å². The quantitative estimate of drug-likeness (QED) is 0.396. The SMILES string of the molecule is C=CC(O)N(C(O)C=C)C(O)C=C. The molecule has 0 bridgehead atoms. The van der Waals surface area contributed by atoms with Crippen molar-refractivity contribution in [3.05, 3.63) is 38.0 Å². The summed E-state index contributed by atoms with van der Waals surface area (Å²) in [5.74, 6) is 0. The number of hydrogen-bond acceptors (Lipinski definition) is 4. The highest BCUT2D eigenvalue weighted by atomic mass is 16.4. The van der Waals surface area contributed by atoms with E-state index in [1.54, 1.807) is 0 Å². The third-order valence-electron chi connectivity index (χ3n) is 1.55. The molecule has 3 atom stereocenters. The van der Waals surface area contributed by atoms with Crippen molar-refractivity contribution in [3.63, 3.8) is 0 Å². The Kier molecular flexibility index (Phi) is 5.25. The molecule has 0 aliphatic heterocycles. The summed E-state index contributed by atoms with van der Waals surface area (Å²) in [6.45, 7) is 10.00. The van der Waals surface area contributed by atoms with Crippen LogP contribution in [-0.2, 0) is 0 Å². The second kappa shape index (κ2) is 5.66. The zero-order valence-electron chi connectivity index (χ0n) is 7.37. The van der Waals surface area contributed by atoms with Gasteiger partial charge in [-0.05, 0) is 18.2 Å². The summed E-state index contributed by atoms with van der Waals surface area (Å²) in [6.07, 6.45) is 0.0844. The Morgan fingerprint density at radius 1 is 0.769 bits per heavy atom. The van der Waals surface area contributed by atoms with Crippen molar-refractivity contribution in [1.29, 1.82) is 0 Å². The van der Waals surface area contributed by atoms with Gasteiger partial charge in [-0.25, -0.2) is 4.90 Å².